The van der Waals surface area contributed by atoms with Gasteiger partial charge in [0, 0.05) is 0 Å². The van der Waals surface area contributed by atoms with Crippen LogP contribution in [-0.4, -0.2) is 26.2 Å². The molecule has 0 atom stereocenters. The van der Waals surface area contributed by atoms with E-state index in [1.54, 1.807) is 18.2 Å². The molecule has 0 aliphatic rings. The highest BCUT2D eigenvalue weighted by molar-refractivity contribution is 5.95. The molecule has 0 unspecified atom stereocenters. The van der Waals surface area contributed by atoms with E-state index in [9.17, 15) is 4.79 Å². The van der Waals surface area contributed by atoms with Crippen molar-refractivity contribution in [1.29, 1.82) is 0 Å². The second kappa shape index (κ2) is 5.77. The lowest BCUT2D eigenvalue weighted by Crippen LogP contribution is -2.14. The van der Waals surface area contributed by atoms with Gasteiger partial charge in [-0.25, -0.2) is 4.79 Å². The number of aromatic nitrogens is 4. The Morgan fingerprint density at radius 2 is 1.77 bits per heavy atom. The van der Waals surface area contributed by atoms with Crippen molar-refractivity contribution in [3.8, 4) is 11.4 Å². The number of aryl methyl sites for hydroxylation is 2. The zero-order chi connectivity index (χ0) is 15.5. The van der Waals surface area contributed by atoms with Gasteiger partial charge in [-0.15, -0.1) is 5.10 Å². The number of rotatable bonds is 3. The highest BCUT2D eigenvalue weighted by atomic mass is 16.5. The Balaban J connectivity index is 1.97. The van der Waals surface area contributed by atoms with Crippen molar-refractivity contribution in [2.24, 2.45) is 0 Å². The van der Waals surface area contributed by atoms with Crippen LogP contribution in [0.15, 0.2) is 48.8 Å². The summed E-state index contributed by atoms with van der Waals surface area (Å²) in [7, 11) is 0. The second-order valence-electron chi connectivity index (χ2n) is 4.88. The summed E-state index contributed by atoms with van der Waals surface area (Å²) in [6.45, 7) is 3.81. The molecule has 0 bridgehead atoms. The Hall–Kier alpha value is -3.02. The minimum Gasteiger partial charge on any atom is -0.422 e. The predicted octanol–water partition coefficient (Wildman–Crippen LogP) is 2.50. The van der Waals surface area contributed by atoms with Crippen molar-refractivity contribution in [3.63, 3.8) is 0 Å². The fraction of sp³-hybridized carbons (Fsp3) is 0.125. The van der Waals surface area contributed by atoms with Crippen molar-refractivity contribution >= 4 is 5.97 Å². The average molecular weight is 294 g/mol. The molecule has 2 aromatic carbocycles. The number of hydrogen-bond donors (Lipinski definition) is 0. The molecule has 0 spiro atoms. The highest BCUT2D eigenvalue weighted by Gasteiger charge is 2.17. The molecule has 3 rings (SSSR count). The van der Waals surface area contributed by atoms with Gasteiger partial charge in [0.1, 0.15) is 12.1 Å². The normalized spacial score (nSPS) is 10.5. The van der Waals surface area contributed by atoms with E-state index in [1.165, 1.54) is 11.0 Å². The Morgan fingerprint density at radius 3 is 2.45 bits per heavy atom. The van der Waals surface area contributed by atoms with E-state index in [0.717, 1.165) is 11.1 Å². The molecule has 6 heteroatoms. The van der Waals surface area contributed by atoms with Gasteiger partial charge in [0.15, 0.2) is 0 Å². The Kier molecular flexibility index (Phi) is 3.65. The van der Waals surface area contributed by atoms with Crippen LogP contribution in [0.2, 0.25) is 0 Å². The number of esters is 1. The number of tetrazole rings is 1. The maximum Gasteiger partial charge on any atom is 0.345 e. The first-order valence-electron chi connectivity index (χ1n) is 6.77. The minimum absolute atomic E-state index is 0.400. The number of carbonyl (C=O) groups excluding carboxylic acids is 1. The van der Waals surface area contributed by atoms with Crippen LogP contribution in [0.25, 0.3) is 5.69 Å². The van der Waals surface area contributed by atoms with Crippen LogP contribution < -0.4 is 4.74 Å². The van der Waals surface area contributed by atoms with Crippen LogP contribution in [0, 0.1) is 13.8 Å². The Labute approximate surface area is 127 Å². The van der Waals surface area contributed by atoms with Gasteiger partial charge in [-0.1, -0.05) is 30.3 Å². The molecule has 0 radical (unpaired) electrons. The summed E-state index contributed by atoms with van der Waals surface area (Å²) < 4.78 is 7.01. The van der Waals surface area contributed by atoms with Crippen molar-refractivity contribution in [2.45, 2.75) is 13.8 Å². The van der Waals surface area contributed by atoms with E-state index in [4.69, 9.17) is 4.74 Å². The molecule has 0 aliphatic carbocycles. The number of benzene rings is 2. The molecule has 1 heterocycles. The largest absolute Gasteiger partial charge is 0.422 e. The third-order valence-electron chi connectivity index (χ3n) is 3.32. The summed E-state index contributed by atoms with van der Waals surface area (Å²) in [5.74, 6) is 0.141. The summed E-state index contributed by atoms with van der Waals surface area (Å²) in [6.07, 6.45) is 1.44. The van der Waals surface area contributed by atoms with E-state index in [0.29, 0.717) is 17.0 Å². The fourth-order valence-electron chi connectivity index (χ4n) is 2.23. The molecule has 0 saturated heterocycles. The van der Waals surface area contributed by atoms with Crippen LogP contribution in [0.4, 0.5) is 0 Å². The zero-order valence-corrected chi connectivity index (χ0v) is 12.2. The third-order valence-corrected chi connectivity index (χ3v) is 3.32. The van der Waals surface area contributed by atoms with E-state index < -0.39 is 5.97 Å². The second-order valence-corrected chi connectivity index (χ2v) is 4.88. The Morgan fingerprint density at radius 1 is 1.05 bits per heavy atom. The molecule has 22 heavy (non-hydrogen) atoms. The van der Waals surface area contributed by atoms with Crippen LogP contribution in [0.3, 0.4) is 0 Å². The summed E-state index contributed by atoms with van der Waals surface area (Å²) in [4.78, 5) is 12.5. The first kappa shape index (κ1) is 13.9. The van der Waals surface area contributed by atoms with Gasteiger partial charge >= 0.3 is 5.97 Å². The minimum atomic E-state index is -0.441. The van der Waals surface area contributed by atoms with Crippen molar-refractivity contribution in [1.82, 2.24) is 20.2 Å². The number of para-hydroxylation sites is 2. The van der Waals surface area contributed by atoms with Crippen molar-refractivity contribution in [2.75, 3.05) is 0 Å². The molecule has 6 nitrogen and oxygen atoms in total. The van der Waals surface area contributed by atoms with E-state index in [1.807, 2.05) is 38.1 Å². The molecule has 1 aromatic heterocycles. The van der Waals surface area contributed by atoms with Crippen molar-refractivity contribution < 1.29 is 9.53 Å². The zero-order valence-electron chi connectivity index (χ0n) is 12.2. The Bertz CT molecular complexity index is 793. The number of nitrogens with zero attached hydrogens (tertiary/aromatic N) is 4. The molecular weight excluding hydrogens is 280 g/mol. The van der Waals surface area contributed by atoms with Gasteiger partial charge in [0.05, 0.1) is 11.3 Å². The topological polar surface area (TPSA) is 69.9 Å². The molecule has 0 N–H and O–H groups in total. The van der Waals surface area contributed by atoms with Gasteiger partial charge in [0.25, 0.3) is 0 Å². The molecule has 0 fully saturated rings. The maximum absolute atomic E-state index is 12.5. The summed E-state index contributed by atoms with van der Waals surface area (Å²) in [5.41, 5.74) is 2.79. The van der Waals surface area contributed by atoms with Crippen LogP contribution in [0.5, 0.6) is 5.75 Å². The van der Waals surface area contributed by atoms with E-state index >= 15 is 0 Å². The number of ether oxygens (including phenoxy) is 1. The smallest absolute Gasteiger partial charge is 0.345 e. The third kappa shape index (κ3) is 2.58. The maximum atomic E-state index is 12.5. The number of hydrogen-bond acceptors (Lipinski definition) is 5. The first-order valence-corrected chi connectivity index (χ1v) is 6.77. The highest BCUT2D eigenvalue weighted by Crippen LogP contribution is 2.24. The summed E-state index contributed by atoms with van der Waals surface area (Å²) in [6, 6.07) is 12.8. The van der Waals surface area contributed by atoms with Gasteiger partial charge in [0.2, 0.25) is 0 Å². The standard InChI is InChI=1S/C16H14N4O2/c1-11-6-5-7-12(2)15(11)22-16(21)13-8-3-4-9-14(13)20-10-17-18-19-20/h3-10H,1-2H3. The van der Waals surface area contributed by atoms with Gasteiger partial charge in [-0.2, -0.15) is 4.68 Å². The predicted molar refractivity (Wildman–Crippen MR) is 80.0 cm³/mol. The number of carbonyl (C=O) groups is 1. The van der Waals surface area contributed by atoms with E-state index in [-0.39, 0.29) is 0 Å². The molecule has 0 amide bonds. The first-order chi connectivity index (χ1) is 10.7. The fourth-order valence-corrected chi connectivity index (χ4v) is 2.23. The van der Waals surface area contributed by atoms with Gasteiger partial charge in [-0.3, -0.25) is 0 Å². The lowest BCUT2D eigenvalue weighted by molar-refractivity contribution is 0.0732. The molecule has 0 saturated carbocycles. The molecule has 110 valence electrons. The SMILES string of the molecule is Cc1cccc(C)c1OC(=O)c1ccccc1-n1cnnn1. The molecule has 0 aliphatic heterocycles. The lowest BCUT2D eigenvalue weighted by Gasteiger charge is -2.12. The molecular formula is C16H14N4O2. The summed E-state index contributed by atoms with van der Waals surface area (Å²) in [5, 5.41) is 11.0. The van der Waals surface area contributed by atoms with Crippen LogP contribution in [-0.2, 0) is 0 Å². The lowest BCUT2D eigenvalue weighted by atomic mass is 10.1. The monoisotopic (exact) mass is 294 g/mol. The van der Waals surface area contributed by atoms with Gasteiger partial charge < -0.3 is 4.74 Å². The van der Waals surface area contributed by atoms with E-state index in [2.05, 4.69) is 15.5 Å². The quantitative estimate of drug-likeness (QED) is 0.548. The average Bonchev–Trinajstić information content (AvgIpc) is 3.05. The van der Waals surface area contributed by atoms with Gasteiger partial charge in [-0.05, 0) is 47.5 Å². The van der Waals surface area contributed by atoms with Crippen molar-refractivity contribution in [3.05, 3.63) is 65.5 Å². The van der Waals surface area contributed by atoms with Crippen LogP contribution >= 0.6 is 0 Å². The van der Waals surface area contributed by atoms with Crippen LogP contribution in [0.1, 0.15) is 21.5 Å². The molecule has 3 aromatic rings. The summed E-state index contributed by atoms with van der Waals surface area (Å²) >= 11 is 0.